The first-order chi connectivity index (χ1) is 14.4. The zero-order valence-electron chi connectivity index (χ0n) is 17.5. The SMILES string of the molecule is [B]c1cc(Cl)cc(N(c2ccccc2)c2ccc3c(c2)C2(C)CCCCC2(C)S3)c1. The van der Waals surface area contributed by atoms with E-state index in [1.807, 2.05) is 18.2 Å². The van der Waals surface area contributed by atoms with Crippen LogP contribution in [0.2, 0.25) is 5.02 Å². The zero-order valence-corrected chi connectivity index (χ0v) is 19.1. The third-order valence-electron chi connectivity index (χ3n) is 7.08. The Morgan fingerprint density at radius 2 is 1.63 bits per heavy atom. The van der Waals surface area contributed by atoms with Gasteiger partial charge in [0.1, 0.15) is 7.85 Å². The first-order valence-electron chi connectivity index (χ1n) is 10.6. The van der Waals surface area contributed by atoms with E-state index in [0.29, 0.717) is 10.5 Å². The highest BCUT2D eigenvalue weighted by atomic mass is 35.5. The average Bonchev–Trinajstić information content (AvgIpc) is 2.95. The summed E-state index contributed by atoms with van der Waals surface area (Å²) in [6.07, 6.45) is 5.18. The molecule has 0 N–H and O–H groups in total. The first-order valence-corrected chi connectivity index (χ1v) is 11.8. The molecule has 4 heteroatoms. The second kappa shape index (κ2) is 7.39. The molecule has 3 aromatic rings. The van der Waals surface area contributed by atoms with Gasteiger partial charge in [0.05, 0.1) is 0 Å². The molecule has 0 saturated heterocycles. The van der Waals surface area contributed by atoms with Crippen LogP contribution in [0.3, 0.4) is 0 Å². The molecule has 0 aromatic heterocycles. The van der Waals surface area contributed by atoms with Gasteiger partial charge in [-0.3, -0.25) is 0 Å². The molecule has 2 unspecified atom stereocenters. The third-order valence-corrected chi connectivity index (χ3v) is 8.98. The zero-order chi connectivity index (χ0) is 20.9. The standard InChI is InChI=1S/C26H25BClNS/c1-25-12-6-7-13-26(25,2)30-24-11-10-21(17-23(24)25)29(20-8-4-3-5-9-20)22-15-18(27)14-19(28)16-22/h3-5,8-11,14-17H,6-7,12-13H2,1-2H3. The first kappa shape index (κ1) is 20.1. The smallest absolute Gasteiger partial charge is 0.113 e. The van der Waals surface area contributed by atoms with Gasteiger partial charge in [-0.2, -0.15) is 0 Å². The number of para-hydroxylation sites is 1. The van der Waals surface area contributed by atoms with E-state index in [2.05, 4.69) is 73.0 Å². The number of fused-ring (bicyclic) bond motifs is 3. The predicted octanol–water partition coefficient (Wildman–Crippen LogP) is 7.30. The summed E-state index contributed by atoms with van der Waals surface area (Å²) < 4.78 is 0.282. The van der Waals surface area contributed by atoms with Crippen LogP contribution in [0.1, 0.15) is 45.1 Å². The molecule has 0 amide bonds. The number of rotatable bonds is 3. The maximum Gasteiger partial charge on any atom is 0.113 e. The van der Waals surface area contributed by atoms with Gasteiger partial charge in [-0.25, -0.2) is 0 Å². The maximum absolute atomic E-state index is 6.38. The van der Waals surface area contributed by atoms with Crippen molar-refractivity contribution in [3.8, 4) is 0 Å². The monoisotopic (exact) mass is 429 g/mol. The second-order valence-corrected chi connectivity index (χ2v) is 10.9. The molecule has 1 aliphatic heterocycles. The van der Waals surface area contributed by atoms with Gasteiger partial charge < -0.3 is 4.90 Å². The molecule has 30 heavy (non-hydrogen) atoms. The summed E-state index contributed by atoms with van der Waals surface area (Å²) in [5.74, 6) is 0. The summed E-state index contributed by atoms with van der Waals surface area (Å²) in [5.41, 5.74) is 5.59. The molecule has 1 heterocycles. The van der Waals surface area contributed by atoms with Crippen LogP contribution in [-0.4, -0.2) is 12.6 Å². The van der Waals surface area contributed by atoms with E-state index in [1.54, 1.807) is 6.07 Å². The summed E-state index contributed by atoms with van der Waals surface area (Å²) in [6, 6.07) is 23.2. The number of halogens is 1. The molecule has 150 valence electrons. The molecule has 1 saturated carbocycles. The van der Waals surface area contributed by atoms with Crippen LogP contribution in [0.15, 0.2) is 71.6 Å². The number of hydrogen-bond donors (Lipinski definition) is 0. The van der Waals surface area contributed by atoms with Crippen molar-refractivity contribution < 1.29 is 0 Å². The van der Waals surface area contributed by atoms with E-state index in [4.69, 9.17) is 19.4 Å². The van der Waals surface area contributed by atoms with Crippen molar-refractivity contribution in [2.75, 3.05) is 4.90 Å². The Morgan fingerprint density at radius 3 is 2.40 bits per heavy atom. The molecule has 2 radical (unpaired) electrons. The van der Waals surface area contributed by atoms with Crippen LogP contribution in [0.25, 0.3) is 0 Å². The van der Waals surface area contributed by atoms with Gasteiger partial charge in [0.15, 0.2) is 0 Å². The Morgan fingerprint density at radius 1 is 0.867 bits per heavy atom. The molecule has 1 aliphatic carbocycles. The number of anilines is 3. The van der Waals surface area contributed by atoms with Gasteiger partial charge in [0.2, 0.25) is 0 Å². The molecular formula is C26H25BClNS. The third kappa shape index (κ3) is 3.18. The minimum absolute atomic E-state index is 0.205. The quantitative estimate of drug-likeness (QED) is 0.402. The Labute approximate surface area is 190 Å². The lowest BCUT2D eigenvalue weighted by Gasteiger charge is -2.45. The van der Waals surface area contributed by atoms with Gasteiger partial charge in [0.25, 0.3) is 0 Å². The molecule has 1 nitrogen and oxygen atoms in total. The average molecular weight is 430 g/mol. The number of benzene rings is 3. The summed E-state index contributed by atoms with van der Waals surface area (Å²) in [4.78, 5) is 3.69. The Hall–Kier alpha value is -1.84. The van der Waals surface area contributed by atoms with Crippen LogP contribution in [0.4, 0.5) is 17.1 Å². The lowest BCUT2D eigenvalue weighted by atomic mass is 9.64. The van der Waals surface area contributed by atoms with Crippen molar-refractivity contribution in [2.45, 2.75) is 54.6 Å². The lowest BCUT2D eigenvalue weighted by molar-refractivity contribution is 0.260. The van der Waals surface area contributed by atoms with Crippen LogP contribution >= 0.6 is 23.4 Å². The molecule has 2 aliphatic rings. The van der Waals surface area contributed by atoms with Crippen LogP contribution in [0, 0.1) is 0 Å². The van der Waals surface area contributed by atoms with Gasteiger partial charge in [-0.15, -0.1) is 11.8 Å². The van der Waals surface area contributed by atoms with Crippen molar-refractivity contribution in [1.82, 2.24) is 0 Å². The fourth-order valence-corrected chi connectivity index (χ4v) is 7.17. The molecule has 2 atom stereocenters. The van der Waals surface area contributed by atoms with E-state index in [1.165, 1.54) is 36.1 Å². The van der Waals surface area contributed by atoms with Crippen LogP contribution in [-0.2, 0) is 5.41 Å². The van der Waals surface area contributed by atoms with Crippen LogP contribution in [0.5, 0.6) is 0 Å². The van der Waals surface area contributed by atoms with Gasteiger partial charge in [0, 0.05) is 37.1 Å². The highest BCUT2D eigenvalue weighted by Gasteiger charge is 2.53. The maximum atomic E-state index is 6.38. The normalized spacial score (nSPS) is 24.9. The Kier molecular flexibility index (Phi) is 4.95. The van der Waals surface area contributed by atoms with Crippen LogP contribution < -0.4 is 10.4 Å². The fraction of sp³-hybridized carbons (Fsp3) is 0.308. The summed E-state index contributed by atoms with van der Waals surface area (Å²) >= 11 is 8.46. The molecular weight excluding hydrogens is 405 g/mol. The summed E-state index contributed by atoms with van der Waals surface area (Å²) in [6.45, 7) is 4.93. The van der Waals surface area contributed by atoms with Gasteiger partial charge in [-0.1, -0.05) is 61.1 Å². The predicted molar refractivity (Wildman–Crippen MR) is 132 cm³/mol. The topological polar surface area (TPSA) is 3.24 Å². The Bertz CT molecular complexity index is 1080. The summed E-state index contributed by atoms with van der Waals surface area (Å²) in [7, 11) is 6.15. The number of thioether (sulfide) groups is 1. The van der Waals surface area contributed by atoms with Crippen molar-refractivity contribution in [3.05, 3.63) is 77.3 Å². The number of nitrogens with zero attached hydrogens (tertiary/aromatic N) is 1. The summed E-state index contributed by atoms with van der Waals surface area (Å²) in [5, 5.41) is 0.648. The van der Waals surface area contributed by atoms with Crippen molar-refractivity contribution in [3.63, 3.8) is 0 Å². The highest BCUT2D eigenvalue weighted by molar-refractivity contribution is 8.01. The minimum Gasteiger partial charge on any atom is -0.310 e. The van der Waals surface area contributed by atoms with Crippen molar-refractivity contribution >= 4 is 53.7 Å². The Balaban J connectivity index is 1.67. The molecule has 5 rings (SSSR count). The van der Waals surface area contributed by atoms with E-state index < -0.39 is 0 Å². The molecule has 1 fully saturated rings. The molecule has 3 aromatic carbocycles. The van der Waals surface area contributed by atoms with E-state index in [9.17, 15) is 0 Å². The second-order valence-electron chi connectivity index (χ2n) is 8.97. The van der Waals surface area contributed by atoms with E-state index >= 15 is 0 Å². The van der Waals surface area contributed by atoms with Gasteiger partial charge in [-0.05, 0) is 67.8 Å². The molecule has 0 bridgehead atoms. The van der Waals surface area contributed by atoms with Gasteiger partial charge >= 0.3 is 0 Å². The largest absolute Gasteiger partial charge is 0.310 e. The number of hydrogen-bond acceptors (Lipinski definition) is 2. The highest BCUT2D eigenvalue weighted by Crippen LogP contribution is 2.63. The van der Waals surface area contributed by atoms with E-state index in [0.717, 1.165) is 17.1 Å². The fourth-order valence-electron chi connectivity index (χ4n) is 5.23. The lowest BCUT2D eigenvalue weighted by Crippen LogP contribution is -2.43. The van der Waals surface area contributed by atoms with Crippen molar-refractivity contribution in [2.24, 2.45) is 0 Å². The van der Waals surface area contributed by atoms with E-state index in [-0.39, 0.29) is 10.2 Å². The van der Waals surface area contributed by atoms with Crippen molar-refractivity contribution in [1.29, 1.82) is 0 Å². The minimum atomic E-state index is 0.205. The molecule has 0 spiro atoms.